The van der Waals surface area contributed by atoms with Crippen LogP contribution in [0.3, 0.4) is 0 Å². The Morgan fingerprint density at radius 2 is 2.10 bits per heavy atom. The zero-order valence-corrected chi connectivity index (χ0v) is 14.2. The van der Waals surface area contributed by atoms with Gasteiger partial charge in [-0.15, -0.1) is 0 Å². The number of hydrogen-bond acceptors (Lipinski definition) is 4. The van der Waals surface area contributed by atoms with Gasteiger partial charge in [0.15, 0.2) is 0 Å². The third-order valence-corrected chi connectivity index (χ3v) is 5.29. The molecule has 1 heterocycles. The van der Waals surface area contributed by atoms with Crippen molar-refractivity contribution in [2.24, 2.45) is 0 Å². The topological polar surface area (TPSA) is 68.3 Å². The SMILES string of the molecule is COc1cc(CNS(=O)(=O)c2ccc(Cl)c(Br)c2)ccn1. The Labute approximate surface area is 136 Å². The molecule has 2 rings (SSSR count). The van der Waals surface area contributed by atoms with Gasteiger partial charge < -0.3 is 4.74 Å². The quantitative estimate of drug-likeness (QED) is 0.851. The summed E-state index contributed by atoms with van der Waals surface area (Å²) in [5, 5.41) is 0.452. The first-order valence-electron chi connectivity index (χ1n) is 5.86. The van der Waals surface area contributed by atoms with Crippen molar-refractivity contribution in [2.75, 3.05) is 7.11 Å². The van der Waals surface area contributed by atoms with Crippen LogP contribution >= 0.6 is 27.5 Å². The lowest BCUT2D eigenvalue weighted by atomic mass is 10.3. The summed E-state index contributed by atoms with van der Waals surface area (Å²) in [5.41, 5.74) is 0.749. The molecule has 0 atom stereocenters. The summed E-state index contributed by atoms with van der Waals surface area (Å²) in [6.07, 6.45) is 1.56. The van der Waals surface area contributed by atoms with Crippen LogP contribution in [0, 0.1) is 0 Å². The highest BCUT2D eigenvalue weighted by Crippen LogP contribution is 2.25. The highest BCUT2D eigenvalue weighted by molar-refractivity contribution is 9.10. The van der Waals surface area contributed by atoms with E-state index in [1.54, 1.807) is 18.3 Å². The van der Waals surface area contributed by atoms with E-state index in [1.165, 1.54) is 25.3 Å². The summed E-state index contributed by atoms with van der Waals surface area (Å²) >= 11 is 9.06. The first-order valence-corrected chi connectivity index (χ1v) is 8.51. The van der Waals surface area contributed by atoms with Crippen LogP contribution in [-0.4, -0.2) is 20.5 Å². The van der Waals surface area contributed by atoms with Gasteiger partial charge in [-0.1, -0.05) is 11.6 Å². The fourth-order valence-electron chi connectivity index (χ4n) is 1.58. The van der Waals surface area contributed by atoms with E-state index in [-0.39, 0.29) is 11.4 Å². The Morgan fingerprint density at radius 1 is 1.33 bits per heavy atom. The predicted molar refractivity (Wildman–Crippen MR) is 84.0 cm³/mol. The zero-order chi connectivity index (χ0) is 15.5. The molecule has 1 aromatic carbocycles. The molecule has 21 heavy (non-hydrogen) atoms. The summed E-state index contributed by atoms with van der Waals surface area (Å²) < 4.78 is 32.4. The average Bonchev–Trinajstić information content (AvgIpc) is 2.48. The van der Waals surface area contributed by atoms with Gasteiger partial charge in [0, 0.05) is 23.3 Å². The van der Waals surface area contributed by atoms with Crippen molar-refractivity contribution in [3.63, 3.8) is 0 Å². The van der Waals surface area contributed by atoms with E-state index in [0.29, 0.717) is 15.4 Å². The summed E-state index contributed by atoms with van der Waals surface area (Å²) in [6, 6.07) is 7.80. The van der Waals surface area contributed by atoms with Crippen LogP contribution in [0.5, 0.6) is 5.88 Å². The van der Waals surface area contributed by atoms with Crippen molar-refractivity contribution in [2.45, 2.75) is 11.4 Å². The first kappa shape index (κ1) is 16.2. The van der Waals surface area contributed by atoms with Gasteiger partial charge in [0.25, 0.3) is 0 Å². The summed E-state index contributed by atoms with van der Waals surface area (Å²) in [7, 11) is -2.12. The molecule has 112 valence electrons. The molecule has 0 spiro atoms. The number of pyridine rings is 1. The van der Waals surface area contributed by atoms with Gasteiger partial charge >= 0.3 is 0 Å². The molecular weight excluding hydrogens is 380 g/mol. The van der Waals surface area contributed by atoms with Crippen LogP contribution in [0.4, 0.5) is 0 Å². The lowest BCUT2D eigenvalue weighted by Crippen LogP contribution is -2.23. The Kier molecular flexibility index (Phi) is 5.21. The third kappa shape index (κ3) is 4.16. The number of sulfonamides is 1. The molecule has 0 bridgehead atoms. The molecule has 8 heteroatoms. The molecule has 2 aromatic rings. The Morgan fingerprint density at radius 3 is 2.76 bits per heavy atom. The predicted octanol–water partition coefficient (Wildman–Crippen LogP) is 2.98. The zero-order valence-electron chi connectivity index (χ0n) is 11.0. The Hall–Kier alpha value is -1.15. The van der Waals surface area contributed by atoms with Gasteiger partial charge in [0.05, 0.1) is 17.0 Å². The van der Waals surface area contributed by atoms with Crippen molar-refractivity contribution in [1.82, 2.24) is 9.71 Å². The second-order valence-corrected chi connectivity index (χ2v) is 7.14. The maximum Gasteiger partial charge on any atom is 0.240 e. The van der Waals surface area contributed by atoms with Crippen molar-refractivity contribution >= 4 is 37.6 Å². The molecule has 0 aliphatic rings. The van der Waals surface area contributed by atoms with Gasteiger partial charge in [-0.05, 0) is 45.8 Å². The Bertz CT molecular complexity index is 753. The fraction of sp³-hybridized carbons (Fsp3) is 0.154. The maximum absolute atomic E-state index is 12.2. The third-order valence-electron chi connectivity index (χ3n) is 2.68. The van der Waals surface area contributed by atoms with E-state index >= 15 is 0 Å². The fourth-order valence-corrected chi connectivity index (χ4v) is 3.27. The summed E-state index contributed by atoms with van der Waals surface area (Å²) in [5.74, 6) is 0.431. The normalized spacial score (nSPS) is 11.4. The van der Waals surface area contributed by atoms with E-state index in [2.05, 4.69) is 25.6 Å². The van der Waals surface area contributed by atoms with Crippen molar-refractivity contribution in [1.29, 1.82) is 0 Å². The molecule has 0 unspecified atom stereocenters. The van der Waals surface area contributed by atoms with Crippen LogP contribution in [0.25, 0.3) is 0 Å². The Balaban J connectivity index is 2.15. The second kappa shape index (κ2) is 6.74. The molecular formula is C13H12BrClN2O3S. The van der Waals surface area contributed by atoms with Crippen LogP contribution in [0.2, 0.25) is 5.02 Å². The molecule has 0 saturated heterocycles. The molecule has 1 N–H and O–H groups in total. The minimum Gasteiger partial charge on any atom is -0.481 e. The number of benzene rings is 1. The van der Waals surface area contributed by atoms with Crippen molar-refractivity contribution in [3.8, 4) is 5.88 Å². The van der Waals surface area contributed by atoms with Crippen molar-refractivity contribution in [3.05, 3.63) is 51.6 Å². The molecule has 0 aliphatic heterocycles. The number of aromatic nitrogens is 1. The smallest absolute Gasteiger partial charge is 0.240 e. The average molecular weight is 392 g/mol. The molecule has 1 aromatic heterocycles. The molecule has 0 fully saturated rings. The van der Waals surface area contributed by atoms with Crippen LogP contribution in [-0.2, 0) is 16.6 Å². The summed E-state index contributed by atoms with van der Waals surface area (Å²) in [6.45, 7) is 0.140. The van der Waals surface area contributed by atoms with Gasteiger partial charge in [0.2, 0.25) is 15.9 Å². The second-order valence-electron chi connectivity index (χ2n) is 4.11. The molecule has 0 saturated carbocycles. The standard InChI is InChI=1S/C13H12BrClN2O3S/c1-20-13-6-9(4-5-16-13)8-17-21(18,19)10-2-3-12(15)11(14)7-10/h2-7,17H,8H2,1H3. The lowest BCUT2D eigenvalue weighted by Gasteiger charge is -2.08. The van der Waals surface area contributed by atoms with Gasteiger partial charge in [-0.25, -0.2) is 18.1 Å². The van der Waals surface area contributed by atoms with Gasteiger partial charge in [-0.2, -0.15) is 0 Å². The van der Waals surface area contributed by atoms with Crippen LogP contribution < -0.4 is 9.46 Å². The highest BCUT2D eigenvalue weighted by atomic mass is 79.9. The minimum absolute atomic E-state index is 0.139. The highest BCUT2D eigenvalue weighted by Gasteiger charge is 2.15. The number of rotatable bonds is 5. The summed E-state index contributed by atoms with van der Waals surface area (Å²) in [4.78, 5) is 4.10. The molecule has 0 aliphatic carbocycles. The molecule has 0 amide bonds. The van der Waals surface area contributed by atoms with E-state index in [0.717, 1.165) is 5.56 Å². The van der Waals surface area contributed by atoms with E-state index in [1.807, 2.05) is 0 Å². The number of hydrogen-bond donors (Lipinski definition) is 1. The van der Waals surface area contributed by atoms with E-state index in [9.17, 15) is 8.42 Å². The number of nitrogens with zero attached hydrogens (tertiary/aromatic N) is 1. The van der Waals surface area contributed by atoms with Crippen molar-refractivity contribution < 1.29 is 13.2 Å². The number of nitrogens with one attached hydrogen (secondary N) is 1. The van der Waals surface area contributed by atoms with Gasteiger partial charge in [-0.3, -0.25) is 0 Å². The van der Waals surface area contributed by atoms with E-state index in [4.69, 9.17) is 16.3 Å². The van der Waals surface area contributed by atoms with Crippen LogP contribution in [0.1, 0.15) is 5.56 Å². The number of halogens is 2. The van der Waals surface area contributed by atoms with Gasteiger partial charge in [0.1, 0.15) is 0 Å². The molecule has 5 nitrogen and oxygen atoms in total. The lowest BCUT2D eigenvalue weighted by molar-refractivity contribution is 0.397. The first-order chi connectivity index (χ1) is 9.92. The monoisotopic (exact) mass is 390 g/mol. The molecule has 0 radical (unpaired) electrons. The van der Waals surface area contributed by atoms with E-state index < -0.39 is 10.0 Å². The number of ether oxygens (including phenoxy) is 1. The largest absolute Gasteiger partial charge is 0.481 e. The van der Waals surface area contributed by atoms with Crippen LogP contribution in [0.15, 0.2) is 45.9 Å². The maximum atomic E-state index is 12.2. The minimum atomic E-state index is -3.62. The number of methoxy groups -OCH3 is 1.